The molecule has 0 fully saturated rings. The van der Waals surface area contributed by atoms with E-state index >= 15 is 0 Å². The van der Waals surface area contributed by atoms with E-state index in [9.17, 15) is 18.4 Å². The van der Waals surface area contributed by atoms with E-state index in [1.807, 2.05) is 24.3 Å². The molecule has 0 bridgehead atoms. The van der Waals surface area contributed by atoms with Crippen LogP contribution in [-0.2, 0) is 6.18 Å². The number of benzene rings is 3. The predicted octanol–water partition coefficient (Wildman–Crippen LogP) is 5.08. The highest BCUT2D eigenvalue weighted by Crippen LogP contribution is 2.48. The highest BCUT2D eigenvalue weighted by atomic mass is 19.4. The number of nitriles is 1. The third-order valence-corrected chi connectivity index (χ3v) is 4.69. The predicted molar refractivity (Wildman–Crippen MR) is 94.7 cm³/mol. The number of hydrogen-bond acceptors (Lipinski definition) is 3. The summed E-state index contributed by atoms with van der Waals surface area (Å²) < 4.78 is 46.6. The molecular weight excluding hydrogens is 353 g/mol. The van der Waals surface area contributed by atoms with Crippen LogP contribution in [0.5, 0.6) is 5.75 Å². The Bertz CT molecular complexity index is 1130. The van der Waals surface area contributed by atoms with Crippen molar-refractivity contribution in [1.29, 1.82) is 5.26 Å². The van der Waals surface area contributed by atoms with Gasteiger partial charge in [-0.15, -0.1) is 0 Å². The van der Waals surface area contributed by atoms with Crippen molar-refractivity contribution in [3.05, 3.63) is 88.8 Å². The summed E-state index contributed by atoms with van der Waals surface area (Å²) in [7, 11) is 0. The van der Waals surface area contributed by atoms with Gasteiger partial charge in [0.05, 0.1) is 11.5 Å². The summed E-state index contributed by atoms with van der Waals surface area (Å²) in [6, 6.07) is 18.0. The van der Waals surface area contributed by atoms with Crippen LogP contribution in [0.15, 0.2) is 72.1 Å². The molecule has 3 aromatic rings. The van der Waals surface area contributed by atoms with Crippen LogP contribution in [0.2, 0.25) is 0 Å². The molecule has 4 rings (SSSR count). The van der Waals surface area contributed by atoms with Crippen molar-refractivity contribution >= 4 is 10.8 Å². The van der Waals surface area contributed by atoms with Crippen LogP contribution >= 0.6 is 0 Å². The van der Waals surface area contributed by atoms with Crippen molar-refractivity contribution in [1.82, 2.24) is 0 Å². The van der Waals surface area contributed by atoms with E-state index in [0.29, 0.717) is 11.3 Å². The molecule has 0 saturated heterocycles. The first-order valence-electron chi connectivity index (χ1n) is 8.17. The molecule has 0 aromatic heterocycles. The van der Waals surface area contributed by atoms with Crippen LogP contribution in [-0.4, -0.2) is 0 Å². The lowest BCUT2D eigenvalue weighted by atomic mass is 9.79. The second kappa shape index (κ2) is 6.06. The van der Waals surface area contributed by atoms with E-state index in [1.54, 1.807) is 18.2 Å². The molecular formula is C21H13F3N2O. The topological polar surface area (TPSA) is 59.0 Å². The normalized spacial score (nSPS) is 16.6. The molecule has 1 atom stereocenters. The summed E-state index contributed by atoms with van der Waals surface area (Å²) in [5.74, 6) is -0.794. The van der Waals surface area contributed by atoms with Gasteiger partial charge in [0.2, 0.25) is 5.88 Å². The molecule has 3 nitrogen and oxygen atoms in total. The summed E-state index contributed by atoms with van der Waals surface area (Å²) in [6.07, 6.45) is -4.56. The van der Waals surface area contributed by atoms with Gasteiger partial charge in [-0.3, -0.25) is 0 Å². The van der Waals surface area contributed by atoms with Gasteiger partial charge in [0.15, 0.2) is 0 Å². The minimum atomic E-state index is -4.56. The quantitative estimate of drug-likeness (QED) is 0.654. The maximum Gasteiger partial charge on any atom is 0.416 e. The number of ether oxygens (including phenoxy) is 1. The van der Waals surface area contributed by atoms with E-state index in [4.69, 9.17) is 10.5 Å². The Morgan fingerprint density at radius 3 is 2.41 bits per heavy atom. The minimum Gasteiger partial charge on any atom is -0.440 e. The smallest absolute Gasteiger partial charge is 0.416 e. The molecule has 0 radical (unpaired) electrons. The summed E-state index contributed by atoms with van der Waals surface area (Å²) in [5.41, 5.74) is 5.55. The van der Waals surface area contributed by atoms with Crippen molar-refractivity contribution < 1.29 is 17.9 Å². The fourth-order valence-electron chi connectivity index (χ4n) is 3.56. The van der Waals surface area contributed by atoms with Crippen molar-refractivity contribution in [3.8, 4) is 11.8 Å². The molecule has 0 amide bonds. The molecule has 27 heavy (non-hydrogen) atoms. The maximum absolute atomic E-state index is 13.7. The van der Waals surface area contributed by atoms with Crippen LogP contribution in [0.3, 0.4) is 0 Å². The molecule has 3 aromatic carbocycles. The van der Waals surface area contributed by atoms with Crippen LogP contribution in [0, 0.1) is 11.3 Å². The Morgan fingerprint density at radius 2 is 1.67 bits per heavy atom. The third-order valence-electron chi connectivity index (χ3n) is 4.69. The van der Waals surface area contributed by atoms with Gasteiger partial charge in [-0.1, -0.05) is 48.5 Å². The van der Waals surface area contributed by atoms with Gasteiger partial charge in [0.25, 0.3) is 0 Å². The van der Waals surface area contributed by atoms with E-state index in [2.05, 4.69) is 0 Å². The Morgan fingerprint density at radius 1 is 0.963 bits per heavy atom. The zero-order valence-electron chi connectivity index (χ0n) is 13.9. The van der Waals surface area contributed by atoms with E-state index in [1.165, 1.54) is 18.2 Å². The molecule has 1 aliphatic heterocycles. The number of fused-ring (bicyclic) bond motifs is 3. The van der Waals surface area contributed by atoms with Crippen LogP contribution in [0.4, 0.5) is 13.2 Å². The van der Waals surface area contributed by atoms with Crippen LogP contribution < -0.4 is 10.5 Å². The summed E-state index contributed by atoms with van der Waals surface area (Å²) in [5, 5.41) is 11.2. The van der Waals surface area contributed by atoms with E-state index < -0.39 is 17.7 Å². The number of halogens is 3. The molecule has 0 aliphatic carbocycles. The van der Waals surface area contributed by atoms with Gasteiger partial charge in [-0.25, -0.2) is 0 Å². The summed E-state index contributed by atoms with van der Waals surface area (Å²) in [4.78, 5) is 0. The fraction of sp³-hybridized carbons (Fsp3) is 0.0952. The first-order chi connectivity index (χ1) is 12.9. The van der Waals surface area contributed by atoms with Gasteiger partial charge in [0, 0.05) is 5.56 Å². The highest BCUT2D eigenvalue weighted by molar-refractivity contribution is 5.90. The van der Waals surface area contributed by atoms with Crippen LogP contribution in [0.1, 0.15) is 22.6 Å². The SMILES string of the molecule is N#CC1=C(N)Oc2ccc3ccccc3c2C1c1ccccc1C(F)(F)F. The van der Waals surface area contributed by atoms with Gasteiger partial charge in [-0.2, -0.15) is 18.4 Å². The first-order valence-corrected chi connectivity index (χ1v) is 8.17. The van der Waals surface area contributed by atoms with Crippen molar-refractivity contribution in [2.45, 2.75) is 12.1 Å². The summed E-state index contributed by atoms with van der Waals surface area (Å²) in [6.45, 7) is 0. The molecule has 0 saturated carbocycles. The maximum atomic E-state index is 13.7. The molecule has 0 spiro atoms. The van der Waals surface area contributed by atoms with E-state index in [-0.39, 0.29) is 17.0 Å². The Labute approximate surface area is 153 Å². The molecule has 1 heterocycles. The minimum absolute atomic E-state index is 0.0228. The fourth-order valence-corrected chi connectivity index (χ4v) is 3.56. The number of nitrogens with two attached hydrogens (primary N) is 1. The van der Waals surface area contributed by atoms with Crippen molar-refractivity contribution in [3.63, 3.8) is 0 Å². The number of allylic oxidation sites excluding steroid dienone is 1. The average Bonchev–Trinajstić information content (AvgIpc) is 2.66. The van der Waals surface area contributed by atoms with Crippen molar-refractivity contribution in [2.24, 2.45) is 5.73 Å². The lowest BCUT2D eigenvalue weighted by molar-refractivity contribution is -0.138. The second-order valence-electron chi connectivity index (χ2n) is 6.21. The number of alkyl halides is 3. The molecule has 6 heteroatoms. The number of hydrogen-bond donors (Lipinski definition) is 1. The first kappa shape index (κ1) is 17.0. The molecule has 2 N–H and O–H groups in total. The highest BCUT2D eigenvalue weighted by Gasteiger charge is 2.39. The molecule has 1 unspecified atom stereocenters. The van der Waals surface area contributed by atoms with E-state index in [0.717, 1.165) is 16.8 Å². The lowest BCUT2D eigenvalue weighted by Gasteiger charge is -2.29. The second-order valence-corrected chi connectivity index (χ2v) is 6.21. The van der Waals surface area contributed by atoms with Gasteiger partial charge in [0.1, 0.15) is 17.4 Å². The van der Waals surface area contributed by atoms with Crippen molar-refractivity contribution in [2.75, 3.05) is 0 Å². The standard InChI is InChI=1S/C21H13F3N2O/c22-21(23,24)16-8-4-3-7-14(16)18-15(11-25)20(26)27-17-10-9-12-5-1-2-6-13(12)19(17)18/h1-10,18H,26H2. The summed E-state index contributed by atoms with van der Waals surface area (Å²) >= 11 is 0. The Hall–Kier alpha value is -3.46. The number of nitrogens with zero attached hydrogens (tertiary/aromatic N) is 1. The molecule has 1 aliphatic rings. The average molecular weight is 366 g/mol. The lowest BCUT2D eigenvalue weighted by Crippen LogP contribution is -2.23. The van der Waals surface area contributed by atoms with Gasteiger partial charge >= 0.3 is 6.18 Å². The van der Waals surface area contributed by atoms with Gasteiger partial charge in [-0.05, 0) is 28.5 Å². The zero-order chi connectivity index (χ0) is 19.2. The number of rotatable bonds is 1. The Kier molecular flexibility index (Phi) is 3.81. The monoisotopic (exact) mass is 366 g/mol. The van der Waals surface area contributed by atoms with Crippen LogP contribution in [0.25, 0.3) is 10.8 Å². The van der Waals surface area contributed by atoms with Gasteiger partial charge < -0.3 is 10.5 Å². The Balaban J connectivity index is 2.10. The largest absolute Gasteiger partial charge is 0.440 e. The third kappa shape index (κ3) is 2.68. The molecule has 134 valence electrons. The zero-order valence-corrected chi connectivity index (χ0v) is 13.9.